The third kappa shape index (κ3) is 2.82. The molecule has 1 aliphatic rings. The molecule has 6 nitrogen and oxygen atoms in total. The van der Waals surface area contributed by atoms with E-state index in [0.717, 1.165) is 12.8 Å². The highest BCUT2D eigenvalue weighted by molar-refractivity contribution is 5.77. The Labute approximate surface area is 100 Å². The SMILES string of the molecule is CCCC1(O)CN(C(=O)CCn2ccnn2)C1. The summed E-state index contributed by atoms with van der Waals surface area (Å²) in [6, 6.07) is 0. The highest BCUT2D eigenvalue weighted by Gasteiger charge is 2.42. The minimum absolute atomic E-state index is 0.0706. The summed E-state index contributed by atoms with van der Waals surface area (Å²) in [4.78, 5) is 13.5. The van der Waals surface area contributed by atoms with Crippen LogP contribution in [-0.4, -0.2) is 49.6 Å². The maximum absolute atomic E-state index is 11.8. The zero-order valence-electron chi connectivity index (χ0n) is 10.0. The van der Waals surface area contributed by atoms with Gasteiger partial charge in [0.2, 0.25) is 5.91 Å². The van der Waals surface area contributed by atoms with Gasteiger partial charge in [0.25, 0.3) is 0 Å². The van der Waals surface area contributed by atoms with E-state index in [4.69, 9.17) is 0 Å². The minimum Gasteiger partial charge on any atom is -0.386 e. The lowest BCUT2D eigenvalue weighted by atomic mass is 9.89. The maximum Gasteiger partial charge on any atom is 0.224 e. The molecule has 1 aromatic heterocycles. The predicted molar refractivity (Wildman–Crippen MR) is 61.1 cm³/mol. The lowest BCUT2D eigenvalue weighted by molar-refractivity contribution is -0.156. The molecule has 94 valence electrons. The van der Waals surface area contributed by atoms with Crippen LogP contribution in [0.4, 0.5) is 0 Å². The number of carbonyl (C=O) groups is 1. The molecule has 0 atom stereocenters. The van der Waals surface area contributed by atoms with Crippen LogP contribution >= 0.6 is 0 Å². The second-order valence-electron chi connectivity index (χ2n) is 4.64. The van der Waals surface area contributed by atoms with E-state index in [2.05, 4.69) is 10.3 Å². The van der Waals surface area contributed by atoms with E-state index in [-0.39, 0.29) is 5.91 Å². The highest BCUT2D eigenvalue weighted by atomic mass is 16.3. The van der Waals surface area contributed by atoms with E-state index in [1.165, 1.54) is 0 Å². The van der Waals surface area contributed by atoms with Gasteiger partial charge < -0.3 is 10.0 Å². The molecule has 0 aromatic carbocycles. The summed E-state index contributed by atoms with van der Waals surface area (Å²) < 4.78 is 1.63. The summed E-state index contributed by atoms with van der Waals surface area (Å²) in [7, 11) is 0. The van der Waals surface area contributed by atoms with Gasteiger partial charge >= 0.3 is 0 Å². The Hall–Kier alpha value is -1.43. The van der Waals surface area contributed by atoms with Crippen LogP contribution in [0.25, 0.3) is 0 Å². The van der Waals surface area contributed by atoms with Gasteiger partial charge in [-0.25, -0.2) is 0 Å². The van der Waals surface area contributed by atoms with Crippen LogP contribution in [0.5, 0.6) is 0 Å². The molecule has 0 saturated carbocycles. The number of β-amino-alcohol motifs (C(OH)–C–C–N with tert-alkyl or cyclic N) is 1. The zero-order chi connectivity index (χ0) is 12.3. The van der Waals surface area contributed by atoms with Crippen molar-refractivity contribution in [2.45, 2.75) is 38.3 Å². The Bertz CT molecular complexity index is 371. The second kappa shape index (κ2) is 4.83. The predicted octanol–water partition coefficient (Wildman–Crippen LogP) is 0.0416. The Morgan fingerprint density at radius 3 is 2.88 bits per heavy atom. The van der Waals surface area contributed by atoms with Gasteiger partial charge in [-0.1, -0.05) is 18.6 Å². The molecular weight excluding hydrogens is 220 g/mol. The van der Waals surface area contributed by atoms with Crippen LogP contribution in [-0.2, 0) is 11.3 Å². The van der Waals surface area contributed by atoms with E-state index >= 15 is 0 Å². The van der Waals surface area contributed by atoms with Gasteiger partial charge in [-0.3, -0.25) is 9.48 Å². The Morgan fingerprint density at radius 2 is 2.29 bits per heavy atom. The molecule has 0 radical (unpaired) electrons. The van der Waals surface area contributed by atoms with Crippen molar-refractivity contribution in [3.63, 3.8) is 0 Å². The van der Waals surface area contributed by atoms with Crippen LogP contribution in [0, 0.1) is 0 Å². The monoisotopic (exact) mass is 238 g/mol. The topological polar surface area (TPSA) is 71.2 Å². The van der Waals surface area contributed by atoms with Crippen molar-refractivity contribution in [2.75, 3.05) is 13.1 Å². The largest absolute Gasteiger partial charge is 0.386 e. The first-order chi connectivity index (χ1) is 8.13. The number of likely N-dealkylation sites (tertiary alicyclic amines) is 1. The van der Waals surface area contributed by atoms with Crippen molar-refractivity contribution in [1.82, 2.24) is 19.9 Å². The van der Waals surface area contributed by atoms with Gasteiger partial charge in [-0.2, -0.15) is 0 Å². The Balaban J connectivity index is 1.72. The lowest BCUT2D eigenvalue weighted by Gasteiger charge is -2.46. The maximum atomic E-state index is 11.8. The fraction of sp³-hybridized carbons (Fsp3) is 0.727. The molecule has 1 aromatic rings. The molecule has 6 heteroatoms. The molecule has 2 heterocycles. The summed E-state index contributed by atoms with van der Waals surface area (Å²) in [5.74, 6) is 0.0706. The molecule has 1 amide bonds. The molecule has 1 saturated heterocycles. The van der Waals surface area contributed by atoms with E-state index < -0.39 is 5.60 Å². The van der Waals surface area contributed by atoms with Gasteiger partial charge in [-0.05, 0) is 6.42 Å². The molecule has 1 N–H and O–H groups in total. The first-order valence-corrected chi connectivity index (χ1v) is 5.97. The van der Waals surface area contributed by atoms with Crippen LogP contribution < -0.4 is 0 Å². The lowest BCUT2D eigenvalue weighted by Crippen LogP contribution is -2.63. The molecule has 2 rings (SSSR count). The fourth-order valence-corrected chi connectivity index (χ4v) is 2.18. The quantitative estimate of drug-likeness (QED) is 0.786. The molecule has 0 spiro atoms. The van der Waals surface area contributed by atoms with E-state index in [9.17, 15) is 9.90 Å². The van der Waals surface area contributed by atoms with Gasteiger partial charge in [0, 0.05) is 12.6 Å². The Kier molecular flexibility index (Phi) is 3.42. The molecule has 17 heavy (non-hydrogen) atoms. The van der Waals surface area contributed by atoms with Crippen LogP contribution in [0.3, 0.4) is 0 Å². The smallest absolute Gasteiger partial charge is 0.224 e. The summed E-state index contributed by atoms with van der Waals surface area (Å²) in [6.07, 6.45) is 5.44. The number of aryl methyl sites for hydroxylation is 1. The van der Waals surface area contributed by atoms with Crippen molar-refractivity contribution in [3.05, 3.63) is 12.4 Å². The molecule has 0 bridgehead atoms. The van der Waals surface area contributed by atoms with E-state index in [1.807, 2.05) is 6.92 Å². The number of nitrogens with zero attached hydrogens (tertiary/aromatic N) is 4. The Morgan fingerprint density at radius 1 is 1.53 bits per heavy atom. The van der Waals surface area contributed by atoms with E-state index in [0.29, 0.717) is 26.1 Å². The number of aromatic nitrogens is 3. The van der Waals surface area contributed by atoms with Crippen molar-refractivity contribution in [3.8, 4) is 0 Å². The number of aliphatic hydroxyl groups is 1. The number of hydrogen-bond donors (Lipinski definition) is 1. The number of hydrogen-bond acceptors (Lipinski definition) is 4. The normalized spacial score (nSPS) is 17.9. The van der Waals surface area contributed by atoms with Crippen LogP contribution in [0.15, 0.2) is 12.4 Å². The average Bonchev–Trinajstić information content (AvgIpc) is 2.75. The van der Waals surface area contributed by atoms with Crippen molar-refractivity contribution >= 4 is 5.91 Å². The summed E-state index contributed by atoms with van der Waals surface area (Å²) in [6.45, 7) is 3.52. The molecule has 0 unspecified atom stereocenters. The van der Waals surface area contributed by atoms with Crippen molar-refractivity contribution in [2.24, 2.45) is 0 Å². The van der Waals surface area contributed by atoms with Crippen LogP contribution in [0.2, 0.25) is 0 Å². The van der Waals surface area contributed by atoms with Gasteiger partial charge in [-0.15, -0.1) is 5.10 Å². The third-order valence-corrected chi connectivity index (χ3v) is 3.07. The molecule has 0 aliphatic carbocycles. The summed E-state index contributed by atoms with van der Waals surface area (Å²) in [5.41, 5.74) is -0.641. The minimum atomic E-state index is -0.641. The summed E-state index contributed by atoms with van der Waals surface area (Å²) in [5, 5.41) is 17.4. The number of rotatable bonds is 5. The van der Waals surface area contributed by atoms with Gasteiger partial charge in [0.05, 0.1) is 31.4 Å². The third-order valence-electron chi connectivity index (χ3n) is 3.07. The van der Waals surface area contributed by atoms with Crippen molar-refractivity contribution < 1.29 is 9.90 Å². The highest BCUT2D eigenvalue weighted by Crippen LogP contribution is 2.26. The first kappa shape index (κ1) is 12.0. The van der Waals surface area contributed by atoms with Gasteiger partial charge in [0.15, 0.2) is 0 Å². The van der Waals surface area contributed by atoms with Gasteiger partial charge in [0.1, 0.15) is 0 Å². The average molecular weight is 238 g/mol. The zero-order valence-corrected chi connectivity index (χ0v) is 10.0. The molecular formula is C11H18N4O2. The van der Waals surface area contributed by atoms with E-state index in [1.54, 1.807) is 22.0 Å². The standard InChI is InChI=1S/C11H18N4O2/c1-2-4-11(17)8-14(9-11)10(16)3-6-15-7-5-12-13-15/h5,7,17H,2-4,6,8-9H2,1H3. The second-order valence-corrected chi connectivity index (χ2v) is 4.64. The van der Waals surface area contributed by atoms with Crippen LogP contribution in [0.1, 0.15) is 26.2 Å². The van der Waals surface area contributed by atoms with Crippen molar-refractivity contribution in [1.29, 1.82) is 0 Å². The summed E-state index contributed by atoms with van der Waals surface area (Å²) >= 11 is 0. The molecule has 1 fully saturated rings. The number of carbonyl (C=O) groups excluding carboxylic acids is 1. The fourth-order valence-electron chi connectivity index (χ4n) is 2.18. The molecule has 1 aliphatic heterocycles. The number of amides is 1. The first-order valence-electron chi connectivity index (χ1n) is 5.97.